The van der Waals surface area contributed by atoms with Crippen LogP contribution in [0.3, 0.4) is 0 Å². The fourth-order valence-electron chi connectivity index (χ4n) is 2.44. The third-order valence-electron chi connectivity index (χ3n) is 3.18. The molecule has 0 aliphatic carbocycles. The van der Waals surface area contributed by atoms with Crippen LogP contribution in [0.4, 0.5) is 5.82 Å². The maximum atomic E-state index is 6.04. The number of fused-ring (bicyclic) bond motifs is 1. The number of rotatable bonds is 2. The average molecular weight is 256 g/mol. The Morgan fingerprint density at radius 2 is 2.05 bits per heavy atom. The maximum absolute atomic E-state index is 6.04. The third kappa shape index (κ3) is 2.02. The van der Waals surface area contributed by atoms with Crippen molar-refractivity contribution < 1.29 is 4.74 Å². The number of nitrogen functional groups attached to an aromatic ring is 1. The molecule has 0 unspecified atom stereocenters. The zero-order valence-corrected chi connectivity index (χ0v) is 11.0. The van der Waals surface area contributed by atoms with Crippen LogP contribution in [0.1, 0.15) is 19.4 Å². The first-order valence-electron chi connectivity index (χ1n) is 6.19. The van der Waals surface area contributed by atoms with Crippen molar-refractivity contribution in [3.63, 3.8) is 0 Å². The van der Waals surface area contributed by atoms with Crippen LogP contribution in [0.25, 0.3) is 11.3 Å². The lowest BCUT2D eigenvalue weighted by Crippen LogP contribution is -2.24. The summed E-state index contributed by atoms with van der Waals surface area (Å²) < 4.78 is 6.04. The number of aromatic nitrogens is 2. The van der Waals surface area contributed by atoms with Gasteiger partial charge >= 0.3 is 0 Å². The van der Waals surface area contributed by atoms with Gasteiger partial charge in [-0.15, -0.1) is 0 Å². The zero-order chi connectivity index (χ0) is 13.5. The van der Waals surface area contributed by atoms with Crippen molar-refractivity contribution in [1.82, 2.24) is 9.97 Å². The molecular weight excluding hydrogens is 240 g/mol. The summed E-state index contributed by atoms with van der Waals surface area (Å²) in [4.78, 5) is 8.54. The lowest BCUT2D eigenvalue weighted by Gasteiger charge is -2.18. The van der Waals surface area contributed by atoms with E-state index in [-0.39, 0.29) is 5.60 Å². The highest BCUT2D eigenvalue weighted by Gasteiger charge is 2.32. The molecule has 0 saturated heterocycles. The van der Waals surface area contributed by atoms with E-state index >= 15 is 0 Å². The molecule has 1 aromatic heterocycles. The van der Waals surface area contributed by atoms with Gasteiger partial charge in [-0.05, 0) is 25.5 Å². The van der Waals surface area contributed by atoms with Gasteiger partial charge in [-0.2, -0.15) is 0 Å². The van der Waals surface area contributed by atoms with Crippen molar-refractivity contribution in [3.8, 4) is 17.0 Å². The maximum Gasteiger partial charge on any atom is 0.166 e. The van der Waals surface area contributed by atoms with Crippen LogP contribution < -0.4 is 16.0 Å². The fraction of sp³-hybridized carbons (Fsp3) is 0.286. The SMILES string of the molecule is CC1(C)Cc2cccc(-c3nccnc3NN)c2O1. The van der Waals surface area contributed by atoms with Crippen molar-refractivity contribution in [2.75, 3.05) is 5.43 Å². The molecule has 19 heavy (non-hydrogen) atoms. The summed E-state index contributed by atoms with van der Waals surface area (Å²) >= 11 is 0. The van der Waals surface area contributed by atoms with E-state index in [9.17, 15) is 0 Å². The summed E-state index contributed by atoms with van der Waals surface area (Å²) in [5.41, 5.74) is 5.21. The number of hydrazine groups is 1. The van der Waals surface area contributed by atoms with E-state index < -0.39 is 0 Å². The number of nitrogens with zero attached hydrogens (tertiary/aromatic N) is 2. The highest BCUT2D eigenvalue weighted by molar-refractivity contribution is 5.77. The van der Waals surface area contributed by atoms with E-state index in [2.05, 4.69) is 35.3 Å². The number of para-hydroxylation sites is 1. The van der Waals surface area contributed by atoms with Crippen LogP contribution in [-0.4, -0.2) is 15.6 Å². The normalized spacial score (nSPS) is 15.7. The van der Waals surface area contributed by atoms with Crippen molar-refractivity contribution in [3.05, 3.63) is 36.2 Å². The van der Waals surface area contributed by atoms with Gasteiger partial charge in [0.2, 0.25) is 0 Å². The molecule has 1 aliphatic heterocycles. The van der Waals surface area contributed by atoms with Gasteiger partial charge in [-0.1, -0.05) is 12.1 Å². The van der Waals surface area contributed by atoms with Crippen LogP contribution in [-0.2, 0) is 6.42 Å². The Morgan fingerprint density at radius 1 is 1.26 bits per heavy atom. The fourth-order valence-corrected chi connectivity index (χ4v) is 2.44. The molecule has 98 valence electrons. The Labute approximate surface area is 111 Å². The monoisotopic (exact) mass is 256 g/mol. The third-order valence-corrected chi connectivity index (χ3v) is 3.18. The molecule has 5 nitrogen and oxygen atoms in total. The standard InChI is InChI=1S/C14H16N4O/c1-14(2)8-9-4-3-5-10(12(9)19-14)11-13(18-15)17-7-6-16-11/h3-7H,8,15H2,1-2H3,(H,17,18). The molecule has 0 amide bonds. The summed E-state index contributed by atoms with van der Waals surface area (Å²) in [6.07, 6.45) is 4.14. The zero-order valence-electron chi connectivity index (χ0n) is 11.0. The van der Waals surface area contributed by atoms with Gasteiger partial charge in [-0.3, -0.25) is 4.98 Å². The van der Waals surface area contributed by atoms with Crippen molar-refractivity contribution in [1.29, 1.82) is 0 Å². The van der Waals surface area contributed by atoms with Crippen molar-refractivity contribution in [2.45, 2.75) is 25.9 Å². The minimum Gasteiger partial charge on any atom is -0.487 e. The first kappa shape index (κ1) is 11.9. The summed E-state index contributed by atoms with van der Waals surface area (Å²) in [6, 6.07) is 6.07. The van der Waals surface area contributed by atoms with Gasteiger partial charge < -0.3 is 10.2 Å². The first-order chi connectivity index (χ1) is 9.11. The van der Waals surface area contributed by atoms with Gasteiger partial charge in [0, 0.05) is 24.4 Å². The largest absolute Gasteiger partial charge is 0.487 e. The van der Waals surface area contributed by atoms with Crippen LogP contribution in [0, 0.1) is 0 Å². The van der Waals surface area contributed by atoms with E-state index in [1.807, 2.05) is 12.1 Å². The van der Waals surface area contributed by atoms with Crippen LogP contribution in [0.5, 0.6) is 5.75 Å². The molecule has 0 spiro atoms. The quantitative estimate of drug-likeness (QED) is 0.636. The number of hydrogen-bond donors (Lipinski definition) is 2. The highest BCUT2D eigenvalue weighted by atomic mass is 16.5. The van der Waals surface area contributed by atoms with Gasteiger partial charge in [0.15, 0.2) is 5.82 Å². The molecule has 0 atom stereocenters. The number of nitrogens with one attached hydrogen (secondary N) is 1. The molecule has 2 heterocycles. The van der Waals surface area contributed by atoms with E-state index in [0.717, 1.165) is 17.7 Å². The minimum absolute atomic E-state index is 0.184. The van der Waals surface area contributed by atoms with E-state index in [1.165, 1.54) is 5.56 Å². The Hall–Kier alpha value is -2.14. The second-order valence-corrected chi connectivity index (χ2v) is 5.23. The summed E-state index contributed by atoms with van der Waals surface area (Å²) in [6.45, 7) is 4.16. The molecule has 5 heteroatoms. The second kappa shape index (κ2) is 4.20. The smallest absolute Gasteiger partial charge is 0.166 e. The molecule has 0 bridgehead atoms. The van der Waals surface area contributed by atoms with Gasteiger partial charge in [0.25, 0.3) is 0 Å². The summed E-state index contributed by atoms with van der Waals surface area (Å²) in [5, 5.41) is 0. The summed E-state index contributed by atoms with van der Waals surface area (Å²) in [7, 11) is 0. The van der Waals surface area contributed by atoms with E-state index in [0.29, 0.717) is 11.5 Å². The van der Waals surface area contributed by atoms with Gasteiger partial charge in [0.1, 0.15) is 17.0 Å². The molecule has 1 aromatic carbocycles. The Bertz CT molecular complexity index is 625. The minimum atomic E-state index is -0.184. The van der Waals surface area contributed by atoms with Crippen molar-refractivity contribution in [2.24, 2.45) is 5.84 Å². The van der Waals surface area contributed by atoms with Crippen molar-refractivity contribution >= 4 is 5.82 Å². The lowest BCUT2D eigenvalue weighted by molar-refractivity contribution is 0.139. The summed E-state index contributed by atoms with van der Waals surface area (Å²) in [5.74, 6) is 6.92. The molecule has 2 aromatic rings. The van der Waals surface area contributed by atoms with E-state index in [4.69, 9.17) is 10.6 Å². The lowest BCUT2D eigenvalue weighted by atomic mass is 9.99. The van der Waals surface area contributed by atoms with Crippen LogP contribution in [0.2, 0.25) is 0 Å². The molecule has 0 fully saturated rings. The number of nitrogens with two attached hydrogens (primary N) is 1. The van der Waals surface area contributed by atoms with Gasteiger partial charge in [-0.25, -0.2) is 10.8 Å². The van der Waals surface area contributed by atoms with Crippen LogP contribution >= 0.6 is 0 Å². The second-order valence-electron chi connectivity index (χ2n) is 5.23. The predicted octanol–water partition coefficient (Wildman–Crippen LogP) is 2.14. The Morgan fingerprint density at radius 3 is 2.84 bits per heavy atom. The first-order valence-corrected chi connectivity index (χ1v) is 6.19. The molecular formula is C14H16N4O. The predicted molar refractivity (Wildman–Crippen MR) is 73.7 cm³/mol. The molecule has 1 aliphatic rings. The molecule has 3 N–H and O–H groups in total. The number of ether oxygens (including phenoxy) is 1. The molecule has 0 radical (unpaired) electrons. The number of anilines is 1. The topological polar surface area (TPSA) is 73.1 Å². The van der Waals surface area contributed by atoms with Crippen LogP contribution in [0.15, 0.2) is 30.6 Å². The highest BCUT2D eigenvalue weighted by Crippen LogP contribution is 2.42. The molecule has 0 saturated carbocycles. The number of hydrogen-bond acceptors (Lipinski definition) is 5. The Kier molecular flexibility index (Phi) is 2.64. The average Bonchev–Trinajstić information content (AvgIpc) is 2.72. The molecule has 3 rings (SSSR count). The van der Waals surface area contributed by atoms with E-state index in [1.54, 1.807) is 12.4 Å². The number of benzene rings is 1. The Balaban J connectivity index is 2.16. The van der Waals surface area contributed by atoms with Gasteiger partial charge in [0.05, 0.1) is 0 Å².